The average molecular weight is 241 g/mol. The second kappa shape index (κ2) is 7.41. The molecule has 16 heavy (non-hydrogen) atoms. The van der Waals surface area contributed by atoms with Crippen molar-refractivity contribution >= 4 is 10.8 Å². The number of benzene rings is 1. The summed E-state index contributed by atoms with van der Waals surface area (Å²) in [4.78, 5) is 0.860. The lowest BCUT2D eigenvalue weighted by molar-refractivity contribution is 0.414. The van der Waals surface area contributed by atoms with E-state index >= 15 is 0 Å². The number of hydrogen-bond donors (Lipinski definition) is 1. The van der Waals surface area contributed by atoms with Crippen molar-refractivity contribution < 1.29 is 8.95 Å². The highest BCUT2D eigenvalue weighted by Crippen LogP contribution is 2.13. The molecule has 1 aromatic carbocycles. The van der Waals surface area contributed by atoms with Crippen molar-refractivity contribution in [1.82, 2.24) is 5.32 Å². The molecule has 0 heterocycles. The van der Waals surface area contributed by atoms with E-state index in [0.717, 1.165) is 30.2 Å². The molecule has 0 aliphatic rings. The molecule has 1 unspecified atom stereocenters. The Morgan fingerprint density at radius 3 is 2.50 bits per heavy atom. The average Bonchev–Trinajstić information content (AvgIpc) is 2.34. The SMILES string of the molecule is CCCNCCS(=O)c1ccc(OC)cc1. The second-order valence-electron chi connectivity index (χ2n) is 3.48. The summed E-state index contributed by atoms with van der Waals surface area (Å²) in [6.07, 6.45) is 1.11. The van der Waals surface area contributed by atoms with Crippen LogP contribution in [0.15, 0.2) is 29.2 Å². The highest BCUT2D eigenvalue weighted by molar-refractivity contribution is 7.85. The standard InChI is InChI=1S/C12H19NO2S/c1-3-8-13-9-10-16(14)12-6-4-11(15-2)5-7-12/h4-7,13H,3,8-10H2,1-2H3. The molecular weight excluding hydrogens is 222 g/mol. The fraction of sp³-hybridized carbons (Fsp3) is 0.500. The van der Waals surface area contributed by atoms with Crippen molar-refractivity contribution in [1.29, 1.82) is 0 Å². The zero-order valence-electron chi connectivity index (χ0n) is 9.86. The minimum atomic E-state index is -0.915. The Morgan fingerprint density at radius 2 is 1.94 bits per heavy atom. The molecular formula is C12H19NO2S. The van der Waals surface area contributed by atoms with E-state index in [4.69, 9.17) is 4.74 Å². The van der Waals surface area contributed by atoms with Crippen LogP contribution in [0.1, 0.15) is 13.3 Å². The van der Waals surface area contributed by atoms with Crippen molar-refractivity contribution in [3.63, 3.8) is 0 Å². The molecule has 1 atom stereocenters. The van der Waals surface area contributed by atoms with Crippen LogP contribution >= 0.6 is 0 Å². The van der Waals surface area contributed by atoms with Gasteiger partial charge in [0.2, 0.25) is 0 Å². The summed E-state index contributed by atoms with van der Waals surface area (Å²) >= 11 is 0. The normalized spacial score (nSPS) is 12.4. The van der Waals surface area contributed by atoms with E-state index in [-0.39, 0.29) is 0 Å². The first-order valence-corrected chi connectivity index (χ1v) is 6.83. The van der Waals surface area contributed by atoms with Crippen LogP contribution < -0.4 is 10.1 Å². The maximum atomic E-state index is 11.8. The lowest BCUT2D eigenvalue weighted by atomic mass is 10.3. The fourth-order valence-electron chi connectivity index (χ4n) is 1.31. The Kier molecular flexibility index (Phi) is 6.11. The summed E-state index contributed by atoms with van der Waals surface area (Å²) in [6.45, 7) is 3.90. The van der Waals surface area contributed by atoms with Gasteiger partial charge in [0.25, 0.3) is 0 Å². The summed E-state index contributed by atoms with van der Waals surface area (Å²) in [7, 11) is 0.710. The van der Waals surface area contributed by atoms with E-state index in [1.165, 1.54) is 0 Å². The molecule has 4 heteroatoms. The molecule has 0 aliphatic heterocycles. The molecule has 0 radical (unpaired) electrons. The van der Waals surface area contributed by atoms with Gasteiger partial charge in [0.05, 0.1) is 17.9 Å². The van der Waals surface area contributed by atoms with Crippen LogP contribution in [0.2, 0.25) is 0 Å². The second-order valence-corrected chi connectivity index (χ2v) is 5.05. The molecule has 0 spiro atoms. The zero-order valence-corrected chi connectivity index (χ0v) is 10.7. The third kappa shape index (κ3) is 4.33. The first-order valence-electron chi connectivity index (χ1n) is 5.51. The smallest absolute Gasteiger partial charge is 0.118 e. The van der Waals surface area contributed by atoms with Gasteiger partial charge >= 0.3 is 0 Å². The van der Waals surface area contributed by atoms with Crippen LogP contribution in [0.25, 0.3) is 0 Å². The monoisotopic (exact) mass is 241 g/mol. The highest BCUT2D eigenvalue weighted by atomic mass is 32.2. The van der Waals surface area contributed by atoms with Crippen LogP contribution in [0.3, 0.4) is 0 Å². The molecule has 90 valence electrons. The molecule has 1 rings (SSSR count). The fourth-order valence-corrected chi connectivity index (χ4v) is 2.32. The van der Waals surface area contributed by atoms with Gasteiger partial charge in [-0.15, -0.1) is 0 Å². The van der Waals surface area contributed by atoms with E-state index in [9.17, 15) is 4.21 Å². The number of nitrogens with one attached hydrogen (secondary N) is 1. The first-order chi connectivity index (χ1) is 7.77. The minimum Gasteiger partial charge on any atom is -0.497 e. The molecule has 0 saturated carbocycles. The van der Waals surface area contributed by atoms with E-state index in [0.29, 0.717) is 5.75 Å². The summed E-state index contributed by atoms with van der Waals surface area (Å²) in [5.74, 6) is 1.46. The third-order valence-electron chi connectivity index (χ3n) is 2.21. The molecule has 3 nitrogen and oxygen atoms in total. The predicted molar refractivity (Wildman–Crippen MR) is 67.4 cm³/mol. The van der Waals surface area contributed by atoms with Crippen LogP contribution in [0.5, 0.6) is 5.75 Å². The summed E-state index contributed by atoms with van der Waals surface area (Å²) < 4.78 is 16.9. The quantitative estimate of drug-likeness (QED) is 0.740. The van der Waals surface area contributed by atoms with Crippen molar-refractivity contribution in [3.8, 4) is 5.75 Å². The van der Waals surface area contributed by atoms with E-state index in [1.807, 2.05) is 24.3 Å². The van der Waals surface area contributed by atoms with E-state index in [1.54, 1.807) is 7.11 Å². The molecule has 0 aromatic heterocycles. The summed E-state index contributed by atoms with van der Waals surface area (Å²) in [6, 6.07) is 7.39. The topological polar surface area (TPSA) is 38.3 Å². The van der Waals surface area contributed by atoms with E-state index < -0.39 is 10.8 Å². The van der Waals surface area contributed by atoms with Gasteiger partial charge in [-0.25, -0.2) is 0 Å². The Hall–Kier alpha value is -0.870. The molecule has 0 bridgehead atoms. The van der Waals surface area contributed by atoms with Crippen molar-refractivity contribution in [3.05, 3.63) is 24.3 Å². The van der Waals surface area contributed by atoms with Crippen molar-refractivity contribution in [2.45, 2.75) is 18.2 Å². The molecule has 0 amide bonds. The molecule has 0 saturated heterocycles. The lowest BCUT2D eigenvalue weighted by Crippen LogP contribution is -2.21. The maximum absolute atomic E-state index is 11.8. The van der Waals surface area contributed by atoms with Gasteiger partial charge in [0.1, 0.15) is 5.75 Å². The third-order valence-corrected chi connectivity index (χ3v) is 3.59. The predicted octanol–water partition coefficient (Wildman–Crippen LogP) is 1.80. The zero-order chi connectivity index (χ0) is 11.8. The molecule has 0 aliphatic carbocycles. The number of rotatable bonds is 7. The van der Waals surface area contributed by atoms with Gasteiger partial charge in [-0.2, -0.15) is 0 Å². The van der Waals surface area contributed by atoms with Crippen LogP contribution in [-0.2, 0) is 10.8 Å². The lowest BCUT2D eigenvalue weighted by Gasteiger charge is -2.04. The van der Waals surface area contributed by atoms with Gasteiger partial charge in [0.15, 0.2) is 0 Å². The van der Waals surface area contributed by atoms with Crippen LogP contribution in [0, 0.1) is 0 Å². The van der Waals surface area contributed by atoms with Crippen molar-refractivity contribution in [2.75, 3.05) is 26.0 Å². The largest absolute Gasteiger partial charge is 0.497 e. The van der Waals surface area contributed by atoms with Gasteiger partial charge in [0, 0.05) is 17.2 Å². The minimum absolute atomic E-state index is 0.659. The summed E-state index contributed by atoms with van der Waals surface area (Å²) in [5, 5.41) is 3.24. The number of hydrogen-bond acceptors (Lipinski definition) is 3. The Bertz CT molecular complexity index is 324. The number of methoxy groups -OCH3 is 1. The Balaban J connectivity index is 2.40. The summed E-state index contributed by atoms with van der Waals surface area (Å²) in [5.41, 5.74) is 0. The van der Waals surface area contributed by atoms with Gasteiger partial charge in [-0.1, -0.05) is 6.92 Å². The Morgan fingerprint density at radius 1 is 1.25 bits per heavy atom. The molecule has 1 aromatic rings. The maximum Gasteiger partial charge on any atom is 0.118 e. The van der Waals surface area contributed by atoms with Gasteiger partial charge in [-0.05, 0) is 37.2 Å². The van der Waals surface area contributed by atoms with Crippen LogP contribution in [-0.4, -0.2) is 30.2 Å². The first kappa shape index (κ1) is 13.2. The van der Waals surface area contributed by atoms with Gasteiger partial charge in [-0.3, -0.25) is 4.21 Å². The van der Waals surface area contributed by atoms with Crippen molar-refractivity contribution in [2.24, 2.45) is 0 Å². The van der Waals surface area contributed by atoms with Gasteiger partial charge < -0.3 is 10.1 Å². The number of ether oxygens (including phenoxy) is 1. The molecule has 1 N–H and O–H groups in total. The molecule has 0 fully saturated rings. The highest BCUT2D eigenvalue weighted by Gasteiger charge is 2.03. The van der Waals surface area contributed by atoms with Crippen LogP contribution in [0.4, 0.5) is 0 Å². The Labute approximate surface area is 99.7 Å². The van der Waals surface area contributed by atoms with E-state index in [2.05, 4.69) is 12.2 Å².